The lowest BCUT2D eigenvalue weighted by atomic mass is 10.1. The Hall–Kier alpha value is -2.24. The van der Waals surface area contributed by atoms with Crippen LogP contribution in [0.3, 0.4) is 0 Å². The van der Waals surface area contributed by atoms with Crippen LogP contribution in [-0.4, -0.2) is 11.1 Å². The van der Waals surface area contributed by atoms with E-state index in [9.17, 15) is 18.0 Å². The van der Waals surface area contributed by atoms with Gasteiger partial charge < -0.3 is 9.52 Å². The van der Waals surface area contributed by atoms with Crippen molar-refractivity contribution in [2.75, 3.05) is 0 Å². The number of alkyl halides is 3. The first-order valence-electron chi connectivity index (χ1n) is 6.36. The Morgan fingerprint density at radius 3 is 2.33 bits per heavy atom. The highest BCUT2D eigenvalue weighted by atomic mass is 19.4. The SMILES string of the molecule is O=C(O)C1CC1c1ccc(-c2ccc(C(F)(F)F)cc2)o1. The van der Waals surface area contributed by atoms with E-state index in [1.54, 1.807) is 12.1 Å². The molecular formula is C15H11F3O3. The number of rotatable bonds is 3. The van der Waals surface area contributed by atoms with E-state index in [0.717, 1.165) is 12.1 Å². The van der Waals surface area contributed by atoms with Gasteiger partial charge in [-0.05, 0) is 30.7 Å². The van der Waals surface area contributed by atoms with Crippen molar-refractivity contribution in [2.45, 2.75) is 18.5 Å². The molecule has 1 heterocycles. The van der Waals surface area contributed by atoms with Crippen molar-refractivity contribution in [3.8, 4) is 11.3 Å². The number of carboxylic acids is 1. The largest absolute Gasteiger partial charge is 0.481 e. The Morgan fingerprint density at radius 1 is 1.14 bits per heavy atom. The minimum Gasteiger partial charge on any atom is -0.481 e. The molecule has 0 spiro atoms. The molecule has 1 N–H and O–H groups in total. The van der Waals surface area contributed by atoms with Crippen molar-refractivity contribution in [1.82, 2.24) is 0 Å². The third-order valence-electron chi connectivity index (χ3n) is 3.60. The minimum atomic E-state index is -4.37. The van der Waals surface area contributed by atoms with Crippen molar-refractivity contribution in [2.24, 2.45) is 5.92 Å². The molecule has 6 heteroatoms. The first kappa shape index (κ1) is 13.7. The second-order valence-corrected chi connectivity index (χ2v) is 5.06. The summed E-state index contributed by atoms with van der Waals surface area (Å²) in [7, 11) is 0. The second kappa shape index (κ2) is 4.65. The van der Waals surface area contributed by atoms with Crippen LogP contribution in [0.5, 0.6) is 0 Å². The molecule has 3 nitrogen and oxygen atoms in total. The highest BCUT2D eigenvalue weighted by Crippen LogP contribution is 2.48. The van der Waals surface area contributed by atoms with Crippen LogP contribution in [0.4, 0.5) is 13.2 Å². The summed E-state index contributed by atoms with van der Waals surface area (Å²) in [6.07, 6.45) is -3.83. The number of hydrogen-bond acceptors (Lipinski definition) is 2. The Morgan fingerprint density at radius 2 is 1.81 bits per heavy atom. The molecule has 0 radical (unpaired) electrons. The molecule has 1 aliphatic carbocycles. The molecule has 0 amide bonds. The van der Waals surface area contributed by atoms with E-state index in [0.29, 0.717) is 23.5 Å². The number of halogens is 3. The highest BCUT2D eigenvalue weighted by molar-refractivity contribution is 5.75. The minimum absolute atomic E-state index is 0.134. The van der Waals surface area contributed by atoms with Crippen LogP contribution in [0.1, 0.15) is 23.7 Å². The van der Waals surface area contributed by atoms with E-state index >= 15 is 0 Å². The van der Waals surface area contributed by atoms with Gasteiger partial charge in [-0.25, -0.2) is 0 Å². The molecule has 1 aromatic heterocycles. The third-order valence-corrected chi connectivity index (χ3v) is 3.60. The molecular weight excluding hydrogens is 285 g/mol. The van der Waals surface area contributed by atoms with Gasteiger partial charge in [-0.1, -0.05) is 12.1 Å². The quantitative estimate of drug-likeness (QED) is 0.925. The number of carboxylic acid groups (broad SMARTS) is 1. The Kier molecular flexibility index (Phi) is 3.04. The molecule has 1 fully saturated rings. The first-order chi connectivity index (χ1) is 9.86. The van der Waals surface area contributed by atoms with E-state index in [2.05, 4.69) is 0 Å². The van der Waals surface area contributed by atoms with Crippen molar-refractivity contribution >= 4 is 5.97 Å². The molecule has 110 valence electrons. The number of carbonyl (C=O) groups is 1. The van der Waals surface area contributed by atoms with Crippen LogP contribution in [0, 0.1) is 5.92 Å². The maximum absolute atomic E-state index is 12.5. The molecule has 3 rings (SSSR count). The van der Waals surface area contributed by atoms with Gasteiger partial charge in [0.2, 0.25) is 0 Å². The van der Waals surface area contributed by atoms with Gasteiger partial charge in [0.15, 0.2) is 0 Å². The highest BCUT2D eigenvalue weighted by Gasteiger charge is 2.46. The molecule has 2 atom stereocenters. The Labute approximate surface area is 118 Å². The fraction of sp³-hybridized carbons (Fsp3) is 0.267. The number of hydrogen-bond donors (Lipinski definition) is 1. The lowest BCUT2D eigenvalue weighted by Crippen LogP contribution is -2.03. The molecule has 21 heavy (non-hydrogen) atoms. The van der Waals surface area contributed by atoms with Crippen LogP contribution in [0.2, 0.25) is 0 Å². The maximum Gasteiger partial charge on any atom is 0.416 e. The summed E-state index contributed by atoms with van der Waals surface area (Å²) < 4.78 is 43.0. The predicted octanol–water partition coefficient (Wildman–Crippen LogP) is 4.15. The topological polar surface area (TPSA) is 50.4 Å². The monoisotopic (exact) mass is 296 g/mol. The van der Waals surface area contributed by atoms with Crippen LogP contribution in [-0.2, 0) is 11.0 Å². The summed E-state index contributed by atoms with van der Waals surface area (Å²) in [5, 5.41) is 8.87. The van der Waals surface area contributed by atoms with Gasteiger partial charge in [0, 0.05) is 11.5 Å². The van der Waals surface area contributed by atoms with Gasteiger partial charge in [-0.2, -0.15) is 13.2 Å². The van der Waals surface area contributed by atoms with Crippen molar-refractivity contribution in [3.05, 3.63) is 47.7 Å². The molecule has 1 aliphatic rings. The summed E-state index contributed by atoms with van der Waals surface area (Å²) >= 11 is 0. The average Bonchev–Trinajstić information content (AvgIpc) is 3.08. The number of furan rings is 1. The van der Waals surface area contributed by atoms with Crippen molar-refractivity contribution < 1.29 is 27.5 Å². The van der Waals surface area contributed by atoms with E-state index in [4.69, 9.17) is 9.52 Å². The maximum atomic E-state index is 12.5. The lowest BCUT2D eigenvalue weighted by molar-refractivity contribution is -0.139. The predicted molar refractivity (Wildman–Crippen MR) is 67.6 cm³/mol. The van der Waals surface area contributed by atoms with Gasteiger partial charge in [-0.3, -0.25) is 4.79 Å². The van der Waals surface area contributed by atoms with E-state index < -0.39 is 23.6 Å². The normalized spacial score (nSPS) is 21.3. The van der Waals surface area contributed by atoms with E-state index in [-0.39, 0.29) is 5.92 Å². The summed E-state index contributed by atoms with van der Waals surface area (Å²) in [6.45, 7) is 0. The van der Waals surface area contributed by atoms with Crippen molar-refractivity contribution in [1.29, 1.82) is 0 Å². The first-order valence-corrected chi connectivity index (χ1v) is 6.36. The van der Waals surface area contributed by atoms with Gasteiger partial charge >= 0.3 is 12.1 Å². The molecule has 1 saturated carbocycles. The Balaban J connectivity index is 1.79. The molecule has 0 aliphatic heterocycles. The smallest absolute Gasteiger partial charge is 0.416 e. The standard InChI is InChI=1S/C15H11F3O3/c16-15(17,18)9-3-1-8(2-4-9)12-5-6-13(21-12)10-7-11(10)14(19)20/h1-6,10-11H,7H2,(H,19,20). The molecule has 2 unspecified atom stereocenters. The van der Waals surface area contributed by atoms with Crippen LogP contribution < -0.4 is 0 Å². The second-order valence-electron chi connectivity index (χ2n) is 5.06. The molecule has 1 aromatic carbocycles. The van der Waals surface area contributed by atoms with Gasteiger partial charge in [0.25, 0.3) is 0 Å². The van der Waals surface area contributed by atoms with Gasteiger partial charge in [0.05, 0.1) is 11.5 Å². The average molecular weight is 296 g/mol. The van der Waals surface area contributed by atoms with Crippen LogP contribution in [0.25, 0.3) is 11.3 Å². The summed E-state index contributed by atoms with van der Waals surface area (Å²) in [5.74, 6) is -0.401. The lowest BCUT2D eigenvalue weighted by Gasteiger charge is -2.06. The third kappa shape index (κ3) is 2.66. The van der Waals surface area contributed by atoms with Crippen LogP contribution in [0.15, 0.2) is 40.8 Å². The van der Waals surface area contributed by atoms with Gasteiger partial charge in [0.1, 0.15) is 11.5 Å². The zero-order valence-corrected chi connectivity index (χ0v) is 10.7. The van der Waals surface area contributed by atoms with Gasteiger partial charge in [-0.15, -0.1) is 0 Å². The summed E-state index contributed by atoms with van der Waals surface area (Å²) in [5.41, 5.74) is -0.187. The number of benzene rings is 1. The van der Waals surface area contributed by atoms with E-state index in [1.165, 1.54) is 12.1 Å². The fourth-order valence-corrected chi connectivity index (χ4v) is 2.31. The van der Waals surface area contributed by atoms with Crippen molar-refractivity contribution in [3.63, 3.8) is 0 Å². The molecule has 2 aromatic rings. The number of aliphatic carboxylic acids is 1. The van der Waals surface area contributed by atoms with E-state index in [1.807, 2.05) is 0 Å². The molecule has 0 bridgehead atoms. The summed E-state index contributed by atoms with van der Waals surface area (Å²) in [4.78, 5) is 10.8. The zero-order valence-electron chi connectivity index (χ0n) is 10.7. The van der Waals surface area contributed by atoms with Crippen LogP contribution >= 0.6 is 0 Å². The summed E-state index contributed by atoms with van der Waals surface area (Å²) in [6, 6.07) is 8.00. The zero-order chi connectivity index (χ0) is 15.2. The Bertz CT molecular complexity index is 670. The molecule has 0 saturated heterocycles. The fourth-order valence-electron chi connectivity index (χ4n) is 2.31.